The molecule has 3 N–H and O–H groups in total. The summed E-state index contributed by atoms with van der Waals surface area (Å²) in [5, 5.41) is 3.68. The Morgan fingerprint density at radius 3 is 2.90 bits per heavy atom. The van der Waals surface area contributed by atoms with Crippen LogP contribution in [0.2, 0.25) is 0 Å². The molecule has 0 spiro atoms. The van der Waals surface area contributed by atoms with Crippen LogP contribution in [-0.4, -0.2) is 18.6 Å². The highest BCUT2D eigenvalue weighted by Crippen LogP contribution is 2.17. The number of nitrogens with two attached hydrogens (primary N) is 1. The summed E-state index contributed by atoms with van der Waals surface area (Å²) in [6.45, 7) is 2.07. The van der Waals surface area contributed by atoms with E-state index in [1.54, 1.807) is 7.11 Å². The van der Waals surface area contributed by atoms with Gasteiger partial charge in [0.15, 0.2) is 0 Å². The lowest BCUT2D eigenvalue weighted by molar-refractivity contribution is -0.670. The fraction of sp³-hybridized carbons (Fsp3) is 0.222. The molecule has 3 heteroatoms. The van der Waals surface area contributed by atoms with Crippen molar-refractivity contribution < 1.29 is 10.1 Å². The monoisotopic (exact) mass is 281 g/mol. The Balaban J connectivity index is 1.54. The first kappa shape index (κ1) is 13.7. The quantitative estimate of drug-likeness (QED) is 0.670. The third-order valence-corrected chi connectivity index (χ3v) is 3.81. The lowest BCUT2D eigenvalue weighted by atomic mass is 10.1. The number of H-pyrrole nitrogens is 1. The molecule has 2 aromatic carbocycles. The number of hydrogen-bond donors (Lipinski definition) is 2. The second-order valence-electron chi connectivity index (χ2n) is 5.24. The van der Waals surface area contributed by atoms with Crippen molar-refractivity contribution in [2.24, 2.45) is 0 Å². The Bertz CT molecular complexity index is 718. The molecule has 0 aliphatic carbocycles. The predicted molar refractivity (Wildman–Crippen MR) is 85.5 cm³/mol. The van der Waals surface area contributed by atoms with Crippen LogP contribution in [0.25, 0.3) is 10.9 Å². The summed E-state index contributed by atoms with van der Waals surface area (Å²) in [7, 11) is 1.71. The highest BCUT2D eigenvalue weighted by Gasteiger charge is 2.04. The molecule has 1 aromatic heterocycles. The lowest BCUT2D eigenvalue weighted by Gasteiger charge is -2.04. The van der Waals surface area contributed by atoms with Crippen molar-refractivity contribution >= 4 is 10.9 Å². The van der Waals surface area contributed by atoms with Gasteiger partial charge >= 0.3 is 0 Å². The van der Waals surface area contributed by atoms with E-state index >= 15 is 0 Å². The number of quaternary nitrogens is 1. The molecule has 1 heterocycles. The average molecular weight is 281 g/mol. The maximum atomic E-state index is 5.25. The van der Waals surface area contributed by atoms with Gasteiger partial charge in [-0.15, -0.1) is 0 Å². The number of fused-ring (bicyclic) bond motifs is 1. The molecular formula is C18H21N2O+. The zero-order valence-electron chi connectivity index (χ0n) is 12.3. The molecule has 3 aromatic rings. The standard InChI is InChI=1S/C18H20N2O/c1-21-16-6-4-5-14(11-16)12-19-10-9-15-13-20-18-8-3-2-7-17(15)18/h2-8,11,13,19-20H,9-10,12H2,1H3/p+1. The van der Waals surface area contributed by atoms with Crippen molar-refractivity contribution in [1.29, 1.82) is 0 Å². The number of para-hydroxylation sites is 1. The minimum absolute atomic E-state index is 0.928. The number of aromatic nitrogens is 1. The Morgan fingerprint density at radius 2 is 2.00 bits per heavy atom. The van der Waals surface area contributed by atoms with Crippen LogP contribution in [0, 0.1) is 0 Å². The number of ether oxygens (including phenoxy) is 1. The molecule has 108 valence electrons. The molecule has 0 aliphatic heterocycles. The second-order valence-corrected chi connectivity index (χ2v) is 5.24. The molecule has 3 rings (SSSR count). The molecule has 0 bridgehead atoms. The van der Waals surface area contributed by atoms with Gasteiger partial charge < -0.3 is 15.0 Å². The third-order valence-electron chi connectivity index (χ3n) is 3.81. The van der Waals surface area contributed by atoms with Crippen LogP contribution in [0.1, 0.15) is 11.1 Å². The lowest BCUT2D eigenvalue weighted by Crippen LogP contribution is -2.83. The fourth-order valence-corrected chi connectivity index (χ4v) is 2.66. The fourth-order valence-electron chi connectivity index (χ4n) is 2.66. The van der Waals surface area contributed by atoms with E-state index in [0.717, 1.165) is 25.3 Å². The van der Waals surface area contributed by atoms with Crippen molar-refractivity contribution in [3.05, 3.63) is 65.9 Å². The summed E-state index contributed by atoms with van der Waals surface area (Å²) in [5.74, 6) is 0.928. The normalized spacial score (nSPS) is 10.9. The zero-order valence-corrected chi connectivity index (χ0v) is 12.3. The van der Waals surface area contributed by atoms with Gasteiger partial charge in [0.2, 0.25) is 0 Å². The average Bonchev–Trinajstić information content (AvgIpc) is 2.95. The van der Waals surface area contributed by atoms with Gasteiger partial charge in [0.25, 0.3) is 0 Å². The number of nitrogens with one attached hydrogen (secondary N) is 1. The van der Waals surface area contributed by atoms with Gasteiger partial charge in [0, 0.05) is 29.1 Å². The Hall–Kier alpha value is -2.26. The Morgan fingerprint density at radius 1 is 1.10 bits per heavy atom. The summed E-state index contributed by atoms with van der Waals surface area (Å²) in [6, 6.07) is 16.7. The summed E-state index contributed by atoms with van der Waals surface area (Å²) < 4.78 is 5.25. The molecule has 0 saturated heterocycles. The highest BCUT2D eigenvalue weighted by molar-refractivity contribution is 5.82. The van der Waals surface area contributed by atoms with E-state index in [-0.39, 0.29) is 0 Å². The van der Waals surface area contributed by atoms with Crippen LogP contribution in [-0.2, 0) is 13.0 Å². The number of hydrogen-bond acceptors (Lipinski definition) is 1. The van der Waals surface area contributed by atoms with Crippen molar-refractivity contribution in [1.82, 2.24) is 4.98 Å². The minimum atomic E-state index is 0.928. The van der Waals surface area contributed by atoms with Crippen LogP contribution in [0.4, 0.5) is 0 Å². The second kappa shape index (κ2) is 6.46. The first-order chi connectivity index (χ1) is 10.4. The van der Waals surface area contributed by atoms with Gasteiger partial charge in [-0.1, -0.05) is 30.3 Å². The summed E-state index contributed by atoms with van der Waals surface area (Å²) in [4.78, 5) is 3.33. The number of rotatable bonds is 6. The first-order valence-corrected chi connectivity index (χ1v) is 7.36. The predicted octanol–water partition coefficient (Wildman–Crippen LogP) is 2.48. The molecule has 0 unspecified atom stereocenters. The molecule has 0 saturated carbocycles. The maximum Gasteiger partial charge on any atom is 0.119 e. The van der Waals surface area contributed by atoms with Crippen molar-refractivity contribution in [2.45, 2.75) is 13.0 Å². The molecule has 0 amide bonds. The van der Waals surface area contributed by atoms with Gasteiger partial charge in [0.05, 0.1) is 13.7 Å². The Kier molecular flexibility index (Phi) is 4.22. The van der Waals surface area contributed by atoms with Crippen LogP contribution in [0.15, 0.2) is 54.7 Å². The van der Waals surface area contributed by atoms with E-state index in [0.29, 0.717) is 0 Å². The highest BCUT2D eigenvalue weighted by atomic mass is 16.5. The summed E-state index contributed by atoms with van der Waals surface area (Å²) in [6.07, 6.45) is 3.21. The smallest absolute Gasteiger partial charge is 0.119 e. The molecule has 3 nitrogen and oxygen atoms in total. The van der Waals surface area contributed by atoms with Crippen LogP contribution < -0.4 is 10.1 Å². The first-order valence-electron chi connectivity index (χ1n) is 7.36. The summed E-state index contributed by atoms with van der Waals surface area (Å²) in [5.41, 5.74) is 3.92. The van der Waals surface area contributed by atoms with E-state index in [1.165, 1.54) is 22.0 Å². The number of benzene rings is 2. The molecule has 0 fully saturated rings. The Labute approximate surface area is 125 Å². The molecule has 0 aliphatic rings. The zero-order chi connectivity index (χ0) is 14.5. The van der Waals surface area contributed by atoms with Gasteiger partial charge in [-0.3, -0.25) is 0 Å². The number of aromatic amines is 1. The van der Waals surface area contributed by atoms with E-state index < -0.39 is 0 Å². The largest absolute Gasteiger partial charge is 0.497 e. The van der Waals surface area contributed by atoms with Crippen molar-refractivity contribution in [3.8, 4) is 5.75 Å². The molecular weight excluding hydrogens is 260 g/mol. The van der Waals surface area contributed by atoms with E-state index in [1.807, 2.05) is 12.1 Å². The SMILES string of the molecule is COc1cccc(C[NH2+]CCc2c[nH]c3ccccc23)c1. The van der Waals surface area contributed by atoms with Gasteiger partial charge in [0.1, 0.15) is 12.3 Å². The van der Waals surface area contributed by atoms with E-state index in [4.69, 9.17) is 4.74 Å². The van der Waals surface area contributed by atoms with Gasteiger partial charge in [-0.25, -0.2) is 0 Å². The minimum Gasteiger partial charge on any atom is -0.497 e. The van der Waals surface area contributed by atoms with Crippen molar-refractivity contribution in [3.63, 3.8) is 0 Å². The van der Waals surface area contributed by atoms with Gasteiger partial charge in [-0.05, 0) is 23.8 Å². The topological polar surface area (TPSA) is 41.6 Å². The summed E-state index contributed by atoms with van der Waals surface area (Å²) >= 11 is 0. The van der Waals surface area contributed by atoms with Crippen LogP contribution in [0.3, 0.4) is 0 Å². The van der Waals surface area contributed by atoms with E-state index in [2.05, 4.69) is 52.9 Å². The molecule has 0 atom stereocenters. The van der Waals surface area contributed by atoms with Crippen LogP contribution in [0.5, 0.6) is 5.75 Å². The number of methoxy groups -OCH3 is 1. The van der Waals surface area contributed by atoms with Gasteiger partial charge in [-0.2, -0.15) is 0 Å². The van der Waals surface area contributed by atoms with Crippen molar-refractivity contribution in [2.75, 3.05) is 13.7 Å². The molecule has 21 heavy (non-hydrogen) atoms. The van der Waals surface area contributed by atoms with Crippen LogP contribution >= 0.6 is 0 Å². The van der Waals surface area contributed by atoms with E-state index in [9.17, 15) is 0 Å². The third kappa shape index (κ3) is 3.26. The molecule has 0 radical (unpaired) electrons. The maximum absolute atomic E-state index is 5.25.